The zero-order valence-electron chi connectivity index (χ0n) is 17.0. The highest BCUT2D eigenvalue weighted by Crippen LogP contribution is 2.40. The van der Waals surface area contributed by atoms with Crippen LogP contribution < -0.4 is 5.56 Å². The fraction of sp³-hybridized carbons (Fsp3) is 0.524. The highest BCUT2D eigenvalue weighted by Gasteiger charge is 2.30. The van der Waals surface area contributed by atoms with Crippen molar-refractivity contribution in [2.75, 3.05) is 6.61 Å². The quantitative estimate of drug-likeness (QED) is 0.293. The first-order valence-electron chi connectivity index (χ1n) is 10.1. The van der Waals surface area contributed by atoms with Crippen molar-refractivity contribution in [3.05, 3.63) is 46.3 Å². The standard InChI is InChI=1S/C21H26N4O3S/c1-13(2)27-12-6-11-25-20(26)16-7-4-5-8-17(16)22-21(25)29-14(3)19-23-18(24-28-19)15-9-10-15/h4-5,7-8,13-15H,6,9-12H2,1-3H3. The molecular formula is C21H26N4O3S. The van der Waals surface area contributed by atoms with Gasteiger partial charge in [-0.15, -0.1) is 0 Å². The molecule has 0 radical (unpaired) electrons. The molecule has 1 aromatic carbocycles. The van der Waals surface area contributed by atoms with Crippen LogP contribution in [0.4, 0.5) is 0 Å². The fourth-order valence-corrected chi connectivity index (χ4v) is 4.07. The molecule has 1 aliphatic rings. The molecular weight excluding hydrogens is 388 g/mol. The molecule has 1 atom stereocenters. The third-order valence-electron chi connectivity index (χ3n) is 4.83. The van der Waals surface area contributed by atoms with Gasteiger partial charge in [-0.25, -0.2) is 4.98 Å². The maximum absolute atomic E-state index is 13.1. The first-order chi connectivity index (χ1) is 14.0. The van der Waals surface area contributed by atoms with Crippen LogP contribution >= 0.6 is 11.8 Å². The van der Waals surface area contributed by atoms with Gasteiger partial charge in [-0.3, -0.25) is 9.36 Å². The van der Waals surface area contributed by atoms with Gasteiger partial charge in [0.1, 0.15) is 0 Å². The number of fused-ring (bicyclic) bond motifs is 1. The molecule has 8 heteroatoms. The second-order valence-electron chi connectivity index (χ2n) is 7.67. The van der Waals surface area contributed by atoms with Gasteiger partial charge in [0.25, 0.3) is 5.56 Å². The Bertz CT molecular complexity index is 1040. The number of ether oxygens (including phenoxy) is 1. The Morgan fingerprint density at radius 3 is 2.79 bits per heavy atom. The summed E-state index contributed by atoms with van der Waals surface area (Å²) in [6, 6.07) is 7.46. The summed E-state index contributed by atoms with van der Waals surface area (Å²) in [6.07, 6.45) is 3.18. The minimum absolute atomic E-state index is 0.0287. The Kier molecular flexibility index (Phi) is 6.01. The molecule has 4 rings (SSSR count). The molecule has 154 valence electrons. The number of benzene rings is 1. The lowest BCUT2D eigenvalue weighted by Gasteiger charge is -2.15. The van der Waals surface area contributed by atoms with Gasteiger partial charge in [0.05, 0.1) is 22.3 Å². The van der Waals surface area contributed by atoms with Crippen LogP contribution in [0, 0.1) is 0 Å². The Morgan fingerprint density at radius 1 is 1.24 bits per heavy atom. The third kappa shape index (κ3) is 4.70. The predicted octanol–water partition coefficient (Wildman–Crippen LogP) is 4.33. The Balaban J connectivity index is 1.59. The molecule has 0 N–H and O–H groups in total. The highest BCUT2D eigenvalue weighted by atomic mass is 32.2. The van der Waals surface area contributed by atoms with Gasteiger partial charge in [-0.2, -0.15) is 4.98 Å². The lowest BCUT2D eigenvalue weighted by molar-refractivity contribution is 0.0743. The maximum Gasteiger partial charge on any atom is 0.262 e. The number of hydrogen-bond acceptors (Lipinski definition) is 7. The topological polar surface area (TPSA) is 83.0 Å². The van der Waals surface area contributed by atoms with Crippen LogP contribution in [-0.4, -0.2) is 32.4 Å². The first-order valence-corrected chi connectivity index (χ1v) is 11.0. The van der Waals surface area contributed by atoms with E-state index in [1.54, 1.807) is 4.57 Å². The van der Waals surface area contributed by atoms with E-state index in [2.05, 4.69) is 10.1 Å². The van der Waals surface area contributed by atoms with E-state index in [0.717, 1.165) is 25.1 Å². The van der Waals surface area contributed by atoms with E-state index in [4.69, 9.17) is 14.2 Å². The summed E-state index contributed by atoms with van der Waals surface area (Å²) in [6.45, 7) is 7.17. The molecule has 2 aromatic heterocycles. The average molecular weight is 415 g/mol. The fourth-order valence-electron chi connectivity index (χ4n) is 3.10. The van der Waals surface area contributed by atoms with Gasteiger partial charge in [-0.05, 0) is 52.2 Å². The van der Waals surface area contributed by atoms with Crippen LogP contribution in [0.2, 0.25) is 0 Å². The molecule has 0 spiro atoms. The monoisotopic (exact) mass is 414 g/mol. The second kappa shape index (κ2) is 8.67. The Morgan fingerprint density at radius 2 is 2.03 bits per heavy atom. The van der Waals surface area contributed by atoms with Crippen molar-refractivity contribution in [1.82, 2.24) is 19.7 Å². The van der Waals surface area contributed by atoms with Gasteiger partial charge in [0, 0.05) is 19.1 Å². The van der Waals surface area contributed by atoms with E-state index in [1.165, 1.54) is 11.8 Å². The van der Waals surface area contributed by atoms with E-state index in [-0.39, 0.29) is 16.9 Å². The molecule has 0 bridgehead atoms. The van der Waals surface area contributed by atoms with E-state index >= 15 is 0 Å². The van der Waals surface area contributed by atoms with Crippen LogP contribution in [0.3, 0.4) is 0 Å². The van der Waals surface area contributed by atoms with Crippen molar-refractivity contribution in [2.24, 2.45) is 0 Å². The number of nitrogens with zero attached hydrogens (tertiary/aromatic N) is 4. The number of aromatic nitrogens is 4. The molecule has 1 fully saturated rings. The summed E-state index contributed by atoms with van der Waals surface area (Å²) in [5, 5.41) is 5.30. The number of para-hydroxylation sites is 1. The second-order valence-corrected chi connectivity index (χ2v) is 8.97. The van der Waals surface area contributed by atoms with Crippen molar-refractivity contribution in [3.8, 4) is 0 Å². The molecule has 7 nitrogen and oxygen atoms in total. The summed E-state index contributed by atoms with van der Waals surface area (Å²) in [5.74, 6) is 1.82. The SMILES string of the molecule is CC(C)OCCCn1c(SC(C)c2nc(C3CC3)no2)nc2ccccc2c1=O. The minimum Gasteiger partial charge on any atom is -0.379 e. The van der Waals surface area contributed by atoms with Crippen LogP contribution in [-0.2, 0) is 11.3 Å². The number of thioether (sulfide) groups is 1. The van der Waals surface area contributed by atoms with Crippen molar-refractivity contribution < 1.29 is 9.26 Å². The molecule has 1 saturated carbocycles. The van der Waals surface area contributed by atoms with Crippen molar-refractivity contribution in [3.63, 3.8) is 0 Å². The molecule has 2 heterocycles. The average Bonchev–Trinajstić information content (AvgIpc) is 3.43. The molecule has 0 saturated heterocycles. The van der Waals surface area contributed by atoms with E-state index in [0.29, 0.717) is 41.0 Å². The normalized spacial score (nSPS) is 15.3. The lowest BCUT2D eigenvalue weighted by atomic mass is 10.2. The van der Waals surface area contributed by atoms with Crippen LogP contribution in [0.1, 0.15) is 62.9 Å². The molecule has 1 aliphatic carbocycles. The van der Waals surface area contributed by atoms with E-state index in [9.17, 15) is 4.79 Å². The van der Waals surface area contributed by atoms with Crippen LogP contribution in [0.15, 0.2) is 38.7 Å². The summed E-state index contributed by atoms with van der Waals surface area (Å²) in [4.78, 5) is 22.4. The summed E-state index contributed by atoms with van der Waals surface area (Å²) in [7, 11) is 0. The van der Waals surface area contributed by atoms with E-state index < -0.39 is 0 Å². The van der Waals surface area contributed by atoms with Gasteiger partial charge in [-0.1, -0.05) is 29.1 Å². The third-order valence-corrected chi connectivity index (χ3v) is 5.91. The Labute approximate surface area is 173 Å². The molecule has 0 aliphatic heterocycles. The van der Waals surface area contributed by atoms with Crippen LogP contribution in [0.5, 0.6) is 0 Å². The first kappa shape index (κ1) is 20.1. The van der Waals surface area contributed by atoms with Gasteiger partial charge >= 0.3 is 0 Å². The van der Waals surface area contributed by atoms with E-state index in [1.807, 2.05) is 45.0 Å². The number of hydrogen-bond donors (Lipinski definition) is 0. The smallest absolute Gasteiger partial charge is 0.262 e. The zero-order valence-corrected chi connectivity index (χ0v) is 17.8. The largest absolute Gasteiger partial charge is 0.379 e. The van der Waals surface area contributed by atoms with Gasteiger partial charge < -0.3 is 9.26 Å². The van der Waals surface area contributed by atoms with Crippen molar-refractivity contribution in [1.29, 1.82) is 0 Å². The Hall–Kier alpha value is -2.19. The van der Waals surface area contributed by atoms with Gasteiger partial charge in [0.15, 0.2) is 11.0 Å². The number of rotatable bonds is 9. The summed E-state index contributed by atoms with van der Waals surface area (Å²) in [5.41, 5.74) is 0.671. The minimum atomic E-state index is -0.0961. The predicted molar refractivity (Wildman–Crippen MR) is 112 cm³/mol. The van der Waals surface area contributed by atoms with Gasteiger partial charge in [0.2, 0.25) is 5.89 Å². The summed E-state index contributed by atoms with van der Waals surface area (Å²) < 4.78 is 12.8. The zero-order chi connectivity index (χ0) is 20.4. The van der Waals surface area contributed by atoms with Crippen molar-refractivity contribution >= 4 is 22.7 Å². The maximum atomic E-state index is 13.1. The highest BCUT2D eigenvalue weighted by molar-refractivity contribution is 7.99. The van der Waals surface area contributed by atoms with Crippen molar-refractivity contribution in [2.45, 2.75) is 69.0 Å². The lowest BCUT2D eigenvalue weighted by Crippen LogP contribution is -2.24. The summed E-state index contributed by atoms with van der Waals surface area (Å²) >= 11 is 1.48. The molecule has 3 aromatic rings. The molecule has 29 heavy (non-hydrogen) atoms. The van der Waals surface area contributed by atoms with Crippen LogP contribution in [0.25, 0.3) is 10.9 Å². The molecule has 1 unspecified atom stereocenters. The molecule has 0 amide bonds.